The van der Waals surface area contributed by atoms with Gasteiger partial charge >= 0.3 is 0 Å². The molecule has 0 saturated carbocycles. The summed E-state index contributed by atoms with van der Waals surface area (Å²) in [5, 5.41) is 37.6. The van der Waals surface area contributed by atoms with Crippen molar-refractivity contribution in [3.63, 3.8) is 0 Å². The van der Waals surface area contributed by atoms with Gasteiger partial charge in [-0.1, -0.05) is 5.21 Å². The predicted octanol–water partition coefficient (Wildman–Crippen LogP) is 0.354. The van der Waals surface area contributed by atoms with Crippen molar-refractivity contribution in [3.05, 3.63) is 46.3 Å². The minimum atomic E-state index is -1.67. The second-order valence-electron chi connectivity index (χ2n) is 5.45. The first-order valence-electron chi connectivity index (χ1n) is 7.35. The van der Waals surface area contributed by atoms with E-state index < -0.39 is 29.5 Å². The molecule has 0 spiro atoms. The van der Waals surface area contributed by atoms with Gasteiger partial charge in [0.25, 0.3) is 5.69 Å². The Bertz CT molecular complexity index is 739. The highest BCUT2D eigenvalue weighted by Crippen LogP contribution is 2.25. The Morgan fingerprint density at radius 2 is 2.08 bits per heavy atom. The van der Waals surface area contributed by atoms with Crippen LogP contribution in [0.3, 0.4) is 0 Å². The van der Waals surface area contributed by atoms with Gasteiger partial charge in [-0.25, -0.2) is 9.07 Å². The van der Waals surface area contributed by atoms with Crippen LogP contribution in [0.25, 0.3) is 0 Å². The molecule has 0 aliphatic carbocycles. The van der Waals surface area contributed by atoms with Crippen LogP contribution in [0.1, 0.15) is 11.9 Å². The van der Waals surface area contributed by atoms with Gasteiger partial charge in [-0.15, -0.1) is 5.10 Å². The first-order chi connectivity index (χ1) is 12.0. The Kier molecular flexibility index (Phi) is 4.88. The van der Waals surface area contributed by atoms with Crippen LogP contribution in [0.15, 0.2) is 30.5 Å². The zero-order valence-corrected chi connectivity index (χ0v) is 12.8. The van der Waals surface area contributed by atoms with Crippen molar-refractivity contribution in [2.75, 3.05) is 6.61 Å². The molecule has 1 aromatic carbocycles. The standard InChI is InChI=1S/C14H15FN4O6/c15-11-7-25-14(13(21)12(11)20)18-5-8(16-17-18)6-24-10-3-1-9(2-4-10)19(22)23/h1-5,11-14,20-21H,6-7H2/t11-,12+,13-,14+/m1/s1. The van der Waals surface area contributed by atoms with Gasteiger partial charge in [0, 0.05) is 12.1 Å². The number of ether oxygens (including phenoxy) is 2. The lowest BCUT2D eigenvalue weighted by molar-refractivity contribution is -0.384. The molecule has 2 heterocycles. The molecule has 11 heteroatoms. The maximum Gasteiger partial charge on any atom is 0.269 e. The van der Waals surface area contributed by atoms with Gasteiger partial charge in [-0.05, 0) is 12.1 Å². The van der Waals surface area contributed by atoms with E-state index in [0.717, 1.165) is 0 Å². The molecule has 3 rings (SSSR count). The van der Waals surface area contributed by atoms with Crippen molar-refractivity contribution < 1.29 is 29.0 Å². The molecule has 1 fully saturated rings. The minimum Gasteiger partial charge on any atom is -0.487 e. The summed E-state index contributed by atoms with van der Waals surface area (Å²) in [7, 11) is 0. The van der Waals surface area contributed by atoms with Crippen LogP contribution >= 0.6 is 0 Å². The van der Waals surface area contributed by atoms with Crippen LogP contribution in [0, 0.1) is 10.1 Å². The minimum absolute atomic E-state index is 0.0227. The van der Waals surface area contributed by atoms with Crippen LogP contribution < -0.4 is 4.74 Å². The van der Waals surface area contributed by atoms with Crippen molar-refractivity contribution >= 4 is 5.69 Å². The number of nitro benzene ring substituents is 1. The fraction of sp³-hybridized carbons (Fsp3) is 0.429. The lowest BCUT2D eigenvalue weighted by Crippen LogP contribution is -2.49. The normalized spacial score (nSPS) is 26.4. The number of aromatic nitrogens is 3. The van der Waals surface area contributed by atoms with Crippen molar-refractivity contribution in [1.82, 2.24) is 15.0 Å². The van der Waals surface area contributed by atoms with Gasteiger partial charge in [-0.2, -0.15) is 0 Å². The SMILES string of the molecule is O=[N+]([O-])c1ccc(OCc2cn([C@H]3OC[C@@H](F)[C@H](O)[C@H]3O)nn2)cc1. The summed E-state index contributed by atoms with van der Waals surface area (Å²) in [5.41, 5.74) is 0.345. The molecule has 0 radical (unpaired) electrons. The molecule has 2 aromatic rings. The summed E-state index contributed by atoms with van der Waals surface area (Å²) < 4.78 is 25.0. The highest BCUT2D eigenvalue weighted by molar-refractivity contribution is 5.35. The average molecular weight is 354 g/mol. The average Bonchev–Trinajstić information content (AvgIpc) is 3.07. The third-order valence-electron chi connectivity index (χ3n) is 3.69. The number of aliphatic hydroxyl groups excluding tert-OH is 2. The zero-order chi connectivity index (χ0) is 18.0. The quantitative estimate of drug-likeness (QED) is 0.581. The van der Waals surface area contributed by atoms with Gasteiger partial charge in [0.05, 0.1) is 17.7 Å². The van der Waals surface area contributed by atoms with Crippen LogP contribution in [0.5, 0.6) is 5.75 Å². The molecule has 4 atom stereocenters. The Hall–Kier alpha value is -2.63. The van der Waals surface area contributed by atoms with E-state index in [-0.39, 0.29) is 18.9 Å². The van der Waals surface area contributed by atoms with E-state index in [1.54, 1.807) is 0 Å². The summed E-state index contributed by atoms with van der Waals surface area (Å²) in [6, 6.07) is 5.53. The number of alkyl halides is 1. The number of rotatable bonds is 5. The van der Waals surface area contributed by atoms with Crippen molar-refractivity contribution in [2.45, 2.75) is 31.2 Å². The van der Waals surface area contributed by atoms with Gasteiger partial charge in [0.1, 0.15) is 30.3 Å². The van der Waals surface area contributed by atoms with Crippen molar-refractivity contribution in [2.24, 2.45) is 0 Å². The lowest BCUT2D eigenvalue weighted by atomic mass is 10.1. The van der Waals surface area contributed by atoms with Crippen LogP contribution in [-0.2, 0) is 11.3 Å². The first kappa shape index (κ1) is 17.2. The van der Waals surface area contributed by atoms with Gasteiger partial charge in [-0.3, -0.25) is 10.1 Å². The molecule has 1 aliphatic heterocycles. The van der Waals surface area contributed by atoms with E-state index in [2.05, 4.69) is 10.3 Å². The molecule has 134 valence electrons. The number of halogens is 1. The molecular formula is C14H15FN4O6. The second kappa shape index (κ2) is 7.09. The van der Waals surface area contributed by atoms with E-state index >= 15 is 0 Å². The van der Waals surface area contributed by atoms with E-state index in [0.29, 0.717) is 11.4 Å². The van der Waals surface area contributed by atoms with Gasteiger partial charge in [0.2, 0.25) is 0 Å². The molecule has 1 saturated heterocycles. The predicted molar refractivity (Wildman–Crippen MR) is 79.3 cm³/mol. The number of nitrogens with zero attached hydrogens (tertiary/aromatic N) is 4. The Morgan fingerprint density at radius 3 is 2.76 bits per heavy atom. The van der Waals surface area contributed by atoms with Crippen molar-refractivity contribution in [1.29, 1.82) is 0 Å². The zero-order valence-electron chi connectivity index (χ0n) is 12.8. The number of benzene rings is 1. The number of hydrogen-bond donors (Lipinski definition) is 2. The maximum atomic E-state index is 13.3. The summed E-state index contributed by atoms with van der Waals surface area (Å²) in [6.45, 7) is -0.341. The summed E-state index contributed by atoms with van der Waals surface area (Å²) in [5.74, 6) is 0.407. The Labute approximate surface area is 140 Å². The summed E-state index contributed by atoms with van der Waals surface area (Å²) >= 11 is 0. The summed E-state index contributed by atoms with van der Waals surface area (Å²) in [4.78, 5) is 10.1. The number of non-ortho nitro benzene ring substituents is 1. The monoisotopic (exact) mass is 354 g/mol. The third-order valence-corrected chi connectivity index (χ3v) is 3.69. The Balaban J connectivity index is 1.61. The van der Waals surface area contributed by atoms with E-state index in [1.807, 2.05) is 0 Å². The molecular weight excluding hydrogens is 339 g/mol. The lowest BCUT2D eigenvalue weighted by Gasteiger charge is -2.33. The fourth-order valence-electron chi connectivity index (χ4n) is 2.33. The molecule has 1 aromatic heterocycles. The molecule has 10 nitrogen and oxygen atoms in total. The number of aliphatic hydroxyl groups is 2. The summed E-state index contributed by atoms with van der Waals surface area (Å²) in [6.07, 6.45) is -4.33. The third kappa shape index (κ3) is 3.73. The molecule has 0 unspecified atom stereocenters. The molecule has 2 N–H and O–H groups in total. The Morgan fingerprint density at radius 1 is 1.36 bits per heavy atom. The maximum absolute atomic E-state index is 13.3. The highest BCUT2D eigenvalue weighted by atomic mass is 19.1. The van der Waals surface area contributed by atoms with E-state index in [9.17, 15) is 24.7 Å². The molecule has 1 aliphatic rings. The first-order valence-corrected chi connectivity index (χ1v) is 7.35. The largest absolute Gasteiger partial charge is 0.487 e. The van der Waals surface area contributed by atoms with Crippen LogP contribution in [0.4, 0.5) is 10.1 Å². The van der Waals surface area contributed by atoms with Crippen LogP contribution in [-0.4, -0.2) is 55.1 Å². The molecule has 25 heavy (non-hydrogen) atoms. The molecule has 0 amide bonds. The second-order valence-corrected chi connectivity index (χ2v) is 5.45. The smallest absolute Gasteiger partial charge is 0.269 e. The van der Waals surface area contributed by atoms with Gasteiger partial charge < -0.3 is 19.7 Å². The van der Waals surface area contributed by atoms with E-state index in [4.69, 9.17) is 9.47 Å². The van der Waals surface area contributed by atoms with Crippen LogP contribution in [0.2, 0.25) is 0 Å². The topological polar surface area (TPSA) is 133 Å². The highest BCUT2D eigenvalue weighted by Gasteiger charge is 2.40. The number of nitro groups is 1. The fourth-order valence-corrected chi connectivity index (χ4v) is 2.33. The van der Waals surface area contributed by atoms with Gasteiger partial charge in [0.15, 0.2) is 12.4 Å². The number of hydrogen-bond acceptors (Lipinski definition) is 8. The van der Waals surface area contributed by atoms with Crippen molar-refractivity contribution in [3.8, 4) is 5.75 Å². The van der Waals surface area contributed by atoms with E-state index in [1.165, 1.54) is 35.1 Å². The molecule has 0 bridgehead atoms.